The SMILES string of the molecule is CCN(C1CCCC1)C(CN)C1CCC(C)O1. The van der Waals surface area contributed by atoms with Gasteiger partial charge in [0.15, 0.2) is 0 Å². The second-order valence-corrected chi connectivity index (χ2v) is 5.63. The van der Waals surface area contributed by atoms with Crippen LogP contribution < -0.4 is 5.73 Å². The summed E-state index contributed by atoms with van der Waals surface area (Å²) >= 11 is 0. The van der Waals surface area contributed by atoms with Crippen LogP contribution in [0.15, 0.2) is 0 Å². The topological polar surface area (TPSA) is 38.5 Å². The molecule has 2 N–H and O–H groups in total. The highest BCUT2D eigenvalue weighted by Crippen LogP contribution is 2.30. The van der Waals surface area contributed by atoms with Crippen molar-refractivity contribution in [2.75, 3.05) is 13.1 Å². The van der Waals surface area contributed by atoms with Crippen molar-refractivity contribution in [2.45, 2.75) is 76.7 Å². The third-order valence-electron chi connectivity index (χ3n) is 4.52. The van der Waals surface area contributed by atoms with E-state index in [0.717, 1.165) is 19.1 Å². The Morgan fingerprint density at radius 3 is 2.41 bits per heavy atom. The highest BCUT2D eigenvalue weighted by molar-refractivity contribution is 4.90. The Morgan fingerprint density at radius 1 is 1.24 bits per heavy atom. The predicted octanol–water partition coefficient (Wildman–Crippen LogP) is 2.15. The van der Waals surface area contributed by atoms with Crippen LogP contribution in [0.4, 0.5) is 0 Å². The van der Waals surface area contributed by atoms with E-state index in [9.17, 15) is 0 Å². The smallest absolute Gasteiger partial charge is 0.0747 e. The molecule has 0 aromatic heterocycles. The highest BCUT2D eigenvalue weighted by Gasteiger charge is 2.35. The Hall–Kier alpha value is -0.120. The lowest BCUT2D eigenvalue weighted by atomic mass is 10.0. The Bertz CT molecular complexity index is 228. The van der Waals surface area contributed by atoms with Crippen molar-refractivity contribution in [3.8, 4) is 0 Å². The number of ether oxygens (including phenoxy) is 1. The molecule has 17 heavy (non-hydrogen) atoms. The van der Waals surface area contributed by atoms with Gasteiger partial charge < -0.3 is 10.5 Å². The van der Waals surface area contributed by atoms with E-state index >= 15 is 0 Å². The third-order valence-corrected chi connectivity index (χ3v) is 4.52. The first-order chi connectivity index (χ1) is 8.26. The van der Waals surface area contributed by atoms with Crippen LogP contribution in [-0.4, -0.2) is 42.3 Å². The minimum atomic E-state index is 0.371. The maximum Gasteiger partial charge on any atom is 0.0747 e. The number of likely N-dealkylation sites (N-methyl/N-ethyl adjacent to an activating group) is 1. The Balaban J connectivity index is 1.98. The largest absolute Gasteiger partial charge is 0.374 e. The molecule has 2 rings (SSSR count). The van der Waals surface area contributed by atoms with Crippen molar-refractivity contribution >= 4 is 0 Å². The molecule has 0 spiro atoms. The summed E-state index contributed by atoms with van der Waals surface area (Å²) in [5.41, 5.74) is 6.02. The summed E-state index contributed by atoms with van der Waals surface area (Å²) in [6, 6.07) is 1.20. The molecule has 0 amide bonds. The summed E-state index contributed by atoms with van der Waals surface area (Å²) in [5.74, 6) is 0. The number of nitrogens with two attached hydrogens (primary N) is 1. The molecule has 100 valence electrons. The molecule has 3 atom stereocenters. The average Bonchev–Trinajstić information content (AvgIpc) is 2.96. The van der Waals surface area contributed by atoms with E-state index in [1.165, 1.54) is 38.5 Å². The molecule has 3 nitrogen and oxygen atoms in total. The van der Waals surface area contributed by atoms with E-state index in [1.807, 2.05) is 0 Å². The highest BCUT2D eigenvalue weighted by atomic mass is 16.5. The maximum absolute atomic E-state index is 6.04. The standard InChI is InChI=1S/C14H28N2O/c1-3-16(12-6-4-5-7-12)13(10-15)14-9-8-11(2)17-14/h11-14H,3-10,15H2,1-2H3. The third kappa shape index (κ3) is 3.01. The molecular formula is C14H28N2O. The zero-order chi connectivity index (χ0) is 12.3. The Labute approximate surface area is 106 Å². The molecular weight excluding hydrogens is 212 g/mol. The number of hydrogen-bond acceptors (Lipinski definition) is 3. The first-order valence-corrected chi connectivity index (χ1v) is 7.37. The second kappa shape index (κ2) is 6.17. The molecule has 1 saturated carbocycles. The van der Waals surface area contributed by atoms with Gasteiger partial charge in [0.25, 0.3) is 0 Å². The molecule has 0 aromatic carbocycles. The number of rotatable bonds is 5. The fraction of sp³-hybridized carbons (Fsp3) is 1.00. The molecule has 0 radical (unpaired) electrons. The minimum Gasteiger partial charge on any atom is -0.374 e. The van der Waals surface area contributed by atoms with Crippen LogP contribution in [0.5, 0.6) is 0 Å². The van der Waals surface area contributed by atoms with Gasteiger partial charge in [-0.2, -0.15) is 0 Å². The van der Waals surface area contributed by atoms with E-state index in [4.69, 9.17) is 10.5 Å². The predicted molar refractivity (Wildman–Crippen MR) is 71.0 cm³/mol. The van der Waals surface area contributed by atoms with Crippen molar-refractivity contribution in [1.82, 2.24) is 4.90 Å². The summed E-state index contributed by atoms with van der Waals surface area (Å²) in [4.78, 5) is 2.62. The maximum atomic E-state index is 6.04. The normalized spacial score (nSPS) is 32.5. The van der Waals surface area contributed by atoms with Crippen LogP contribution in [0.25, 0.3) is 0 Å². The first kappa shape index (κ1) is 13.3. The lowest BCUT2D eigenvalue weighted by Gasteiger charge is -2.38. The van der Waals surface area contributed by atoms with Gasteiger partial charge in [-0.25, -0.2) is 0 Å². The molecule has 1 aliphatic carbocycles. The quantitative estimate of drug-likeness (QED) is 0.800. The summed E-state index contributed by atoms with van der Waals surface area (Å²) in [7, 11) is 0. The van der Waals surface area contributed by atoms with Crippen LogP contribution in [0.3, 0.4) is 0 Å². The zero-order valence-corrected chi connectivity index (χ0v) is 11.4. The molecule has 0 aromatic rings. The molecule has 1 saturated heterocycles. The van der Waals surface area contributed by atoms with Crippen LogP contribution in [0.2, 0.25) is 0 Å². The summed E-state index contributed by atoms with van der Waals surface area (Å²) < 4.78 is 6.04. The number of hydrogen-bond donors (Lipinski definition) is 1. The van der Waals surface area contributed by atoms with Crippen molar-refractivity contribution in [3.63, 3.8) is 0 Å². The molecule has 2 aliphatic rings. The van der Waals surface area contributed by atoms with E-state index in [2.05, 4.69) is 18.7 Å². The zero-order valence-electron chi connectivity index (χ0n) is 11.4. The van der Waals surface area contributed by atoms with Crippen molar-refractivity contribution in [2.24, 2.45) is 5.73 Å². The van der Waals surface area contributed by atoms with Crippen LogP contribution in [0, 0.1) is 0 Å². The van der Waals surface area contributed by atoms with Gasteiger partial charge in [0.2, 0.25) is 0 Å². The van der Waals surface area contributed by atoms with E-state index in [1.54, 1.807) is 0 Å². The van der Waals surface area contributed by atoms with Crippen molar-refractivity contribution < 1.29 is 4.74 Å². The molecule has 3 unspecified atom stereocenters. The fourth-order valence-corrected chi connectivity index (χ4v) is 3.62. The van der Waals surface area contributed by atoms with Gasteiger partial charge in [0.1, 0.15) is 0 Å². The van der Waals surface area contributed by atoms with Gasteiger partial charge in [-0.05, 0) is 39.2 Å². The molecule has 3 heteroatoms. The summed E-state index contributed by atoms with van der Waals surface area (Å²) in [6.45, 7) is 6.29. The lowest BCUT2D eigenvalue weighted by molar-refractivity contribution is -0.0153. The van der Waals surface area contributed by atoms with E-state index < -0.39 is 0 Å². The summed E-state index contributed by atoms with van der Waals surface area (Å²) in [6.07, 6.45) is 8.67. The van der Waals surface area contributed by atoms with Crippen molar-refractivity contribution in [1.29, 1.82) is 0 Å². The van der Waals surface area contributed by atoms with Crippen LogP contribution in [-0.2, 0) is 4.74 Å². The van der Waals surface area contributed by atoms with Crippen LogP contribution in [0.1, 0.15) is 52.4 Å². The van der Waals surface area contributed by atoms with Crippen molar-refractivity contribution in [3.05, 3.63) is 0 Å². The van der Waals surface area contributed by atoms with Gasteiger partial charge >= 0.3 is 0 Å². The lowest BCUT2D eigenvalue weighted by Crippen LogP contribution is -2.52. The van der Waals surface area contributed by atoms with E-state index in [0.29, 0.717) is 18.2 Å². The molecule has 2 fully saturated rings. The monoisotopic (exact) mass is 240 g/mol. The Morgan fingerprint density at radius 2 is 1.94 bits per heavy atom. The second-order valence-electron chi connectivity index (χ2n) is 5.63. The minimum absolute atomic E-state index is 0.371. The van der Waals surface area contributed by atoms with E-state index in [-0.39, 0.29) is 0 Å². The van der Waals surface area contributed by atoms with Gasteiger partial charge in [-0.3, -0.25) is 4.90 Å². The molecule has 1 heterocycles. The van der Waals surface area contributed by atoms with Gasteiger partial charge in [0.05, 0.1) is 12.2 Å². The van der Waals surface area contributed by atoms with Gasteiger partial charge in [-0.15, -0.1) is 0 Å². The van der Waals surface area contributed by atoms with Gasteiger partial charge in [0, 0.05) is 18.6 Å². The molecule has 1 aliphatic heterocycles. The summed E-state index contributed by atoms with van der Waals surface area (Å²) in [5, 5.41) is 0. The average molecular weight is 240 g/mol. The fourth-order valence-electron chi connectivity index (χ4n) is 3.62. The Kier molecular flexibility index (Phi) is 4.83. The number of nitrogens with zero attached hydrogens (tertiary/aromatic N) is 1. The molecule has 0 bridgehead atoms. The van der Waals surface area contributed by atoms with Gasteiger partial charge in [-0.1, -0.05) is 19.8 Å². The first-order valence-electron chi connectivity index (χ1n) is 7.37. The van der Waals surface area contributed by atoms with Crippen LogP contribution >= 0.6 is 0 Å².